The first-order valence-corrected chi connectivity index (χ1v) is 4.24. The highest BCUT2D eigenvalue weighted by Gasteiger charge is 2.34. The minimum atomic E-state index is -4.91. The molecule has 1 aromatic rings. The first kappa shape index (κ1) is 11.6. The fourth-order valence-corrected chi connectivity index (χ4v) is 1.07. The molecule has 0 saturated carbocycles. The number of nitriles is 1. The van der Waals surface area contributed by atoms with E-state index in [0.717, 1.165) is 6.20 Å². The minimum Gasteiger partial charge on any atom is -0.400 e. The Morgan fingerprint density at radius 3 is 2.60 bits per heavy atom. The van der Waals surface area contributed by atoms with Gasteiger partial charge in [-0.05, 0) is 15.9 Å². The lowest BCUT2D eigenvalue weighted by molar-refractivity contribution is -0.274. The SMILES string of the molecule is N#Cc1ncc(Br)c(N)c1OC(F)(F)F. The van der Waals surface area contributed by atoms with E-state index >= 15 is 0 Å². The third kappa shape index (κ3) is 2.73. The number of aromatic nitrogens is 1. The van der Waals surface area contributed by atoms with Gasteiger partial charge in [-0.3, -0.25) is 0 Å². The van der Waals surface area contributed by atoms with Crippen LogP contribution in [0.2, 0.25) is 0 Å². The van der Waals surface area contributed by atoms with Gasteiger partial charge in [-0.25, -0.2) is 4.98 Å². The zero-order valence-electron chi connectivity index (χ0n) is 6.97. The van der Waals surface area contributed by atoms with Crippen LogP contribution in [0.3, 0.4) is 0 Å². The number of nitrogens with two attached hydrogens (primary N) is 1. The Morgan fingerprint density at radius 2 is 2.13 bits per heavy atom. The van der Waals surface area contributed by atoms with Gasteiger partial charge in [0.15, 0.2) is 11.4 Å². The van der Waals surface area contributed by atoms with E-state index in [1.165, 1.54) is 6.07 Å². The lowest BCUT2D eigenvalue weighted by Gasteiger charge is -2.12. The summed E-state index contributed by atoms with van der Waals surface area (Å²) in [6, 6.07) is 1.45. The summed E-state index contributed by atoms with van der Waals surface area (Å²) in [4.78, 5) is 3.43. The Kier molecular flexibility index (Phi) is 3.04. The second-order valence-corrected chi connectivity index (χ2v) is 3.21. The summed E-state index contributed by atoms with van der Waals surface area (Å²) in [6.45, 7) is 0. The maximum atomic E-state index is 11.9. The lowest BCUT2D eigenvalue weighted by atomic mass is 10.3. The van der Waals surface area contributed by atoms with Gasteiger partial charge in [0.25, 0.3) is 0 Å². The average molecular weight is 282 g/mol. The molecule has 4 nitrogen and oxygen atoms in total. The second-order valence-electron chi connectivity index (χ2n) is 2.36. The molecule has 0 aliphatic carbocycles. The molecular formula is C7H3BrF3N3O. The van der Waals surface area contributed by atoms with Crippen LogP contribution in [0.5, 0.6) is 5.75 Å². The molecule has 0 spiro atoms. The Bertz CT molecular complexity index is 427. The third-order valence-electron chi connectivity index (χ3n) is 1.35. The molecule has 0 radical (unpaired) electrons. The largest absolute Gasteiger partial charge is 0.573 e. The molecule has 0 saturated heterocycles. The van der Waals surface area contributed by atoms with Gasteiger partial charge in [0.2, 0.25) is 0 Å². The molecule has 0 aliphatic heterocycles. The molecule has 2 N–H and O–H groups in total. The van der Waals surface area contributed by atoms with Gasteiger partial charge >= 0.3 is 6.36 Å². The van der Waals surface area contributed by atoms with Gasteiger partial charge in [-0.15, -0.1) is 13.2 Å². The highest BCUT2D eigenvalue weighted by molar-refractivity contribution is 9.10. The van der Waals surface area contributed by atoms with E-state index in [4.69, 9.17) is 11.0 Å². The molecular weight excluding hydrogens is 279 g/mol. The maximum absolute atomic E-state index is 11.9. The molecule has 0 aliphatic rings. The molecule has 0 fully saturated rings. The predicted octanol–water partition coefficient (Wildman–Crippen LogP) is 2.20. The van der Waals surface area contributed by atoms with Gasteiger partial charge in [0.1, 0.15) is 6.07 Å². The number of pyridine rings is 1. The van der Waals surface area contributed by atoms with Crippen LogP contribution in [-0.2, 0) is 0 Å². The summed E-state index contributed by atoms with van der Waals surface area (Å²) in [5.41, 5.74) is 4.46. The Morgan fingerprint density at radius 1 is 1.53 bits per heavy atom. The van der Waals surface area contributed by atoms with Crippen molar-refractivity contribution in [1.29, 1.82) is 5.26 Å². The fourth-order valence-electron chi connectivity index (χ4n) is 0.784. The smallest absolute Gasteiger partial charge is 0.400 e. The summed E-state index contributed by atoms with van der Waals surface area (Å²) in [5.74, 6) is -0.792. The van der Waals surface area contributed by atoms with Gasteiger partial charge in [0, 0.05) is 6.20 Å². The lowest BCUT2D eigenvalue weighted by Crippen LogP contribution is -2.19. The predicted molar refractivity (Wildman–Crippen MR) is 47.7 cm³/mol. The highest BCUT2D eigenvalue weighted by atomic mass is 79.9. The number of nitrogens with zero attached hydrogens (tertiary/aromatic N) is 2. The maximum Gasteiger partial charge on any atom is 0.573 e. The van der Waals surface area contributed by atoms with E-state index in [-0.39, 0.29) is 10.2 Å². The Hall–Kier alpha value is -1.49. The van der Waals surface area contributed by atoms with Crippen molar-refractivity contribution in [2.24, 2.45) is 0 Å². The van der Waals surface area contributed by atoms with Crippen molar-refractivity contribution >= 4 is 21.6 Å². The van der Waals surface area contributed by atoms with Crippen molar-refractivity contribution in [3.8, 4) is 11.8 Å². The quantitative estimate of drug-likeness (QED) is 0.857. The normalized spacial score (nSPS) is 10.9. The molecule has 0 aromatic carbocycles. The Labute approximate surface area is 90.6 Å². The summed E-state index contributed by atoms with van der Waals surface area (Å²) in [6.07, 6.45) is -3.79. The average Bonchev–Trinajstić information content (AvgIpc) is 2.11. The first-order chi connectivity index (χ1) is 6.85. The van der Waals surface area contributed by atoms with Crippen molar-refractivity contribution in [2.75, 3.05) is 5.73 Å². The molecule has 8 heteroatoms. The zero-order valence-corrected chi connectivity index (χ0v) is 8.56. The molecule has 0 bridgehead atoms. The molecule has 15 heavy (non-hydrogen) atoms. The molecule has 1 heterocycles. The van der Waals surface area contributed by atoms with E-state index < -0.39 is 17.8 Å². The minimum absolute atomic E-state index is 0.126. The van der Waals surface area contributed by atoms with Crippen LogP contribution in [0.4, 0.5) is 18.9 Å². The van der Waals surface area contributed by atoms with E-state index in [2.05, 4.69) is 25.7 Å². The van der Waals surface area contributed by atoms with Gasteiger partial charge < -0.3 is 10.5 Å². The van der Waals surface area contributed by atoms with Crippen LogP contribution in [0.1, 0.15) is 5.69 Å². The van der Waals surface area contributed by atoms with Gasteiger partial charge in [0.05, 0.1) is 10.2 Å². The van der Waals surface area contributed by atoms with Crippen molar-refractivity contribution in [3.05, 3.63) is 16.4 Å². The number of hydrogen-bond donors (Lipinski definition) is 1. The number of hydrogen-bond acceptors (Lipinski definition) is 4. The molecule has 0 unspecified atom stereocenters. The van der Waals surface area contributed by atoms with E-state index in [1.807, 2.05) is 0 Å². The van der Waals surface area contributed by atoms with Crippen LogP contribution in [0, 0.1) is 11.3 Å². The summed E-state index contributed by atoms with van der Waals surface area (Å²) in [5, 5.41) is 8.50. The number of nitrogen functional groups attached to an aromatic ring is 1. The van der Waals surface area contributed by atoms with Crippen LogP contribution in [0.15, 0.2) is 10.7 Å². The van der Waals surface area contributed by atoms with Crippen molar-refractivity contribution < 1.29 is 17.9 Å². The van der Waals surface area contributed by atoms with Crippen molar-refractivity contribution in [1.82, 2.24) is 4.98 Å². The van der Waals surface area contributed by atoms with Gasteiger partial charge in [-0.2, -0.15) is 5.26 Å². The second kappa shape index (κ2) is 3.94. The molecule has 80 valence electrons. The van der Waals surface area contributed by atoms with E-state index in [1.54, 1.807) is 0 Å². The van der Waals surface area contributed by atoms with E-state index in [9.17, 15) is 13.2 Å². The summed E-state index contributed by atoms with van der Waals surface area (Å²) < 4.78 is 39.5. The van der Waals surface area contributed by atoms with Crippen molar-refractivity contribution in [2.45, 2.75) is 6.36 Å². The number of ether oxygens (including phenoxy) is 1. The topological polar surface area (TPSA) is 71.9 Å². The van der Waals surface area contributed by atoms with Crippen LogP contribution in [-0.4, -0.2) is 11.3 Å². The number of halogens is 4. The summed E-state index contributed by atoms with van der Waals surface area (Å²) >= 11 is 2.87. The standard InChI is InChI=1S/C7H3BrF3N3O/c8-3-2-14-4(1-12)6(5(3)13)15-7(9,10)11/h2H,(H2,13,14). The highest BCUT2D eigenvalue weighted by Crippen LogP contribution is 2.34. The molecule has 1 aromatic heterocycles. The number of alkyl halides is 3. The zero-order chi connectivity index (χ0) is 11.6. The fraction of sp³-hybridized carbons (Fsp3) is 0.143. The number of anilines is 1. The van der Waals surface area contributed by atoms with Gasteiger partial charge in [-0.1, -0.05) is 0 Å². The van der Waals surface area contributed by atoms with E-state index in [0.29, 0.717) is 0 Å². The van der Waals surface area contributed by atoms with Crippen LogP contribution < -0.4 is 10.5 Å². The van der Waals surface area contributed by atoms with Crippen LogP contribution in [0.25, 0.3) is 0 Å². The van der Waals surface area contributed by atoms with Crippen LogP contribution >= 0.6 is 15.9 Å². The summed E-state index contributed by atoms with van der Waals surface area (Å²) in [7, 11) is 0. The molecule has 1 rings (SSSR count). The third-order valence-corrected chi connectivity index (χ3v) is 1.98. The first-order valence-electron chi connectivity index (χ1n) is 3.45. The monoisotopic (exact) mass is 281 g/mol. The number of rotatable bonds is 1. The molecule has 0 amide bonds. The Balaban J connectivity index is 3.26. The van der Waals surface area contributed by atoms with Crippen molar-refractivity contribution in [3.63, 3.8) is 0 Å². The molecule has 0 atom stereocenters.